The lowest BCUT2D eigenvalue weighted by Crippen LogP contribution is -1.91. The summed E-state index contributed by atoms with van der Waals surface area (Å²) in [5.74, 6) is 0. The van der Waals surface area contributed by atoms with E-state index in [2.05, 4.69) is 0 Å². The van der Waals surface area contributed by atoms with Gasteiger partial charge in [-0.15, -0.1) is 0 Å². The topological polar surface area (TPSA) is 49.7 Å². The van der Waals surface area contributed by atoms with E-state index in [-0.39, 0.29) is 6.61 Å². The lowest BCUT2D eigenvalue weighted by atomic mass is 10.5. The Bertz CT molecular complexity index is 60.2. The fraction of sp³-hybridized carbons (Fsp3) is 1.00. The van der Waals surface area contributed by atoms with Crippen LogP contribution >= 0.6 is 8.38 Å². The van der Waals surface area contributed by atoms with Gasteiger partial charge in [-0.2, -0.15) is 0 Å². The smallest absolute Gasteiger partial charge is 0.167 e. The van der Waals surface area contributed by atoms with E-state index in [9.17, 15) is 0 Å². The second-order valence-electron chi connectivity index (χ2n) is 1.57. The predicted octanol–water partition coefficient (Wildman–Crippen LogP) is 0.710. The maximum absolute atomic E-state index is 8.91. The molecule has 0 aliphatic heterocycles. The monoisotopic (exact) mass is 152 g/mol. The minimum Gasteiger partial charge on any atom is -0.396 e. The molecule has 0 fully saturated rings. The Balaban J connectivity index is 2.95. The molecule has 0 aliphatic carbocycles. The third-order valence-corrected chi connectivity index (χ3v) is 2.04. The van der Waals surface area contributed by atoms with Crippen LogP contribution in [0, 0.1) is 0 Å². The van der Waals surface area contributed by atoms with Gasteiger partial charge in [0.2, 0.25) is 0 Å². The Hall–Kier alpha value is 0.310. The van der Waals surface area contributed by atoms with Crippen LogP contribution in [0.15, 0.2) is 0 Å². The van der Waals surface area contributed by atoms with Crippen LogP contribution in [-0.2, 0) is 4.52 Å². The summed E-state index contributed by atoms with van der Waals surface area (Å²) in [6.45, 7) is 2.52. The molecule has 0 amide bonds. The third kappa shape index (κ3) is 6.19. The maximum atomic E-state index is 8.91. The first-order valence-electron chi connectivity index (χ1n) is 3.01. The molecule has 3 nitrogen and oxygen atoms in total. The van der Waals surface area contributed by atoms with Crippen LogP contribution in [0.4, 0.5) is 0 Å². The summed E-state index contributed by atoms with van der Waals surface area (Å²) in [6.07, 6.45) is 1.21. The van der Waals surface area contributed by atoms with Crippen molar-refractivity contribution >= 4 is 8.38 Å². The van der Waals surface area contributed by atoms with Crippen molar-refractivity contribution in [2.45, 2.75) is 13.3 Å². The largest absolute Gasteiger partial charge is 0.396 e. The third-order valence-electron chi connectivity index (χ3n) is 0.786. The summed E-state index contributed by atoms with van der Waals surface area (Å²) in [5, 5.41) is 8.33. The van der Waals surface area contributed by atoms with Crippen LogP contribution in [0.1, 0.15) is 13.3 Å². The number of aliphatic hydroxyl groups is 1. The molecule has 4 heteroatoms. The van der Waals surface area contributed by atoms with Crippen molar-refractivity contribution in [3.05, 3.63) is 0 Å². The summed E-state index contributed by atoms with van der Waals surface area (Å²) in [5.41, 5.74) is 0. The molecule has 0 heterocycles. The summed E-state index contributed by atoms with van der Waals surface area (Å²) < 4.78 is 4.85. The van der Waals surface area contributed by atoms with Crippen LogP contribution < -0.4 is 0 Å². The van der Waals surface area contributed by atoms with Gasteiger partial charge in [0.05, 0.1) is 6.61 Å². The van der Waals surface area contributed by atoms with Crippen LogP contribution in [0.2, 0.25) is 0 Å². The normalized spacial score (nSPS) is 13.7. The minimum atomic E-state index is -1.25. The Labute approximate surface area is 56.6 Å². The van der Waals surface area contributed by atoms with Gasteiger partial charge in [0, 0.05) is 12.8 Å². The molecule has 0 aromatic rings. The fourth-order valence-corrected chi connectivity index (χ4v) is 1.26. The molecule has 1 unspecified atom stereocenters. The van der Waals surface area contributed by atoms with Gasteiger partial charge in [0.15, 0.2) is 8.38 Å². The highest BCUT2D eigenvalue weighted by atomic mass is 31.2. The van der Waals surface area contributed by atoms with Crippen LogP contribution in [0.5, 0.6) is 0 Å². The fourth-order valence-electron chi connectivity index (χ4n) is 0.420. The molecule has 56 valence electrons. The second-order valence-corrected chi connectivity index (χ2v) is 2.98. The second kappa shape index (κ2) is 6.43. The van der Waals surface area contributed by atoms with E-state index in [1.54, 1.807) is 0 Å². The van der Waals surface area contributed by atoms with E-state index in [1.807, 2.05) is 6.92 Å². The average molecular weight is 152 g/mol. The first-order chi connectivity index (χ1) is 4.31. The molecule has 1 atom stereocenters. The zero-order valence-electron chi connectivity index (χ0n) is 5.58. The molecule has 0 rings (SSSR count). The van der Waals surface area contributed by atoms with Gasteiger partial charge >= 0.3 is 0 Å². The Kier molecular flexibility index (Phi) is 6.65. The van der Waals surface area contributed by atoms with E-state index in [4.69, 9.17) is 14.5 Å². The van der Waals surface area contributed by atoms with Crippen molar-refractivity contribution < 1.29 is 14.5 Å². The highest BCUT2D eigenvalue weighted by Crippen LogP contribution is 2.30. The van der Waals surface area contributed by atoms with Crippen molar-refractivity contribution in [1.29, 1.82) is 0 Å². The number of hydrogen-bond acceptors (Lipinski definition) is 3. The first-order valence-corrected chi connectivity index (χ1v) is 4.41. The quantitative estimate of drug-likeness (QED) is 0.570. The molecule has 0 radical (unpaired) electrons. The highest BCUT2D eigenvalue weighted by molar-refractivity contribution is 7.46. The summed E-state index contributed by atoms with van der Waals surface area (Å²) >= 11 is 0. The lowest BCUT2D eigenvalue weighted by Gasteiger charge is -2.06. The Morgan fingerprint density at radius 2 is 2.22 bits per heavy atom. The van der Waals surface area contributed by atoms with Crippen molar-refractivity contribution in [3.8, 4) is 0 Å². The molecule has 0 spiro atoms. The molecule has 0 aromatic heterocycles. The highest BCUT2D eigenvalue weighted by Gasteiger charge is 2.00. The number of hydrogen-bond donors (Lipinski definition) is 2. The van der Waals surface area contributed by atoms with Gasteiger partial charge in [-0.3, -0.25) is 0 Å². The van der Waals surface area contributed by atoms with E-state index in [1.165, 1.54) is 0 Å². The van der Waals surface area contributed by atoms with Gasteiger partial charge < -0.3 is 14.5 Å². The van der Waals surface area contributed by atoms with Crippen LogP contribution in [-0.4, -0.2) is 29.4 Å². The minimum absolute atomic E-state index is 0.131. The van der Waals surface area contributed by atoms with Crippen molar-refractivity contribution in [2.75, 3.05) is 19.4 Å². The summed E-state index contributed by atoms with van der Waals surface area (Å²) in [7, 11) is -1.25. The first kappa shape index (κ1) is 9.31. The molecule has 0 aliphatic rings. The standard InChI is InChI=1S/C5H13O3P/c1-2-8-9(7)5-3-4-6/h6-7H,2-5H2,1H3. The molecule has 2 N–H and O–H groups in total. The van der Waals surface area contributed by atoms with Crippen LogP contribution in [0.3, 0.4) is 0 Å². The van der Waals surface area contributed by atoms with E-state index >= 15 is 0 Å². The van der Waals surface area contributed by atoms with Gasteiger partial charge in [-0.1, -0.05) is 0 Å². The molecule has 0 aromatic carbocycles. The van der Waals surface area contributed by atoms with E-state index < -0.39 is 8.38 Å². The molecule has 0 saturated carbocycles. The van der Waals surface area contributed by atoms with Crippen LogP contribution in [0.25, 0.3) is 0 Å². The predicted molar refractivity (Wildman–Crippen MR) is 37.3 cm³/mol. The van der Waals surface area contributed by atoms with Crippen molar-refractivity contribution in [2.24, 2.45) is 0 Å². The Morgan fingerprint density at radius 3 is 2.67 bits per heavy atom. The Morgan fingerprint density at radius 1 is 1.56 bits per heavy atom. The number of aliphatic hydroxyl groups excluding tert-OH is 1. The average Bonchev–Trinajstić information content (AvgIpc) is 1.85. The molecule has 9 heavy (non-hydrogen) atoms. The van der Waals surface area contributed by atoms with Gasteiger partial charge in [-0.25, -0.2) is 0 Å². The van der Waals surface area contributed by atoms with Crippen molar-refractivity contribution in [3.63, 3.8) is 0 Å². The van der Waals surface area contributed by atoms with Gasteiger partial charge in [0.1, 0.15) is 0 Å². The van der Waals surface area contributed by atoms with Gasteiger partial charge in [-0.05, 0) is 13.3 Å². The molecule has 0 saturated heterocycles. The molecule has 0 bridgehead atoms. The van der Waals surface area contributed by atoms with E-state index in [0.717, 1.165) is 0 Å². The van der Waals surface area contributed by atoms with E-state index in [0.29, 0.717) is 19.2 Å². The SMILES string of the molecule is CCOP(O)CCCO. The summed E-state index contributed by atoms with van der Waals surface area (Å²) in [6, 6.07) is 0. The molecular weight excluding hydrogens is 139 g/mol. The summed E-state index contributed by atoms with van der Waals surface area (Å²) in [4.78, 5) is 8.91. The van der Waals surface area contributed by atoms with Gasteiger partial charge in [0.25, 0.3) is 0 Å². The zero-order valence-corrected chi connectivity index (χ0v) is 6.47. The molecular formula is C5H13O3P. The van der Waals surface area contributed by atoms with Crippen molar-refractivity contribution in [1.82, 2.24) is 0 Å². The number of rotatable bonds is 5. The maximum Gasteiger partial charge on any atom is 0.167 e. The lowest BCUT2D eigenvalue weighted by molar-refractivity contribution is 0.287. The zero-order chi connectivity index (χ0) is 7.11.